The Labute approximate surface area is 169 Å². The SMILES string of the molecule is CC(=O)c1ccc(F)c(-c2cc(C)cc3c2O[C@@H](CNC(=O)[C@@H]2CCCO2)C3)c1. The lowest BCUT2D eigenvalue weighted by atomic mass is 9.95. The van der Waals surface area contributed by atoms with Gasteiger partial charge in [-0.3, -0.25) is 9.59 Å². The normalized spacial score (nSPS) is 20.2. The van der Waals surface area contributed by atoms with Crippen molar-refractivity contribution < 1.29 is 23.5 Å². The van der Waals surface area contributed by atoms with Crippen LogP contribution in [0.2, 0.25) is 0 Å². The minimum Gasteiger partial charge on any atom is -0.487 e. The number of ether oxygens (including phenoxy) is 2. The second-order valence-electron chi connectivity index (χ2n) is 7.74. The van der Waals surface area contributed by atoms with Crippen LogP contribution < -0.4 is 10.1 Å². The molecule has 0 bridgehead atoms. The van der Waals surface area contributed by atoms with E-state index in [0.717, 1.165) is 24.0 Å². The number of ketones is 1. The molecule has 2 aromatic rings. The number of rotatable bonds is 5. The molecule has 4 rings (SSSR count). The molecule has 29 heavy (non-hydrogen) atoms. The molecule has 2 aliphatic heterocycles. The van der Waals surface area contributed by atoms with E-state index >= 15 is 0 Å². The van der Waals surface area contributed by atoms with Gasteiger partial charge in [0.05, 0.1) is 6.54 Å². The summed E-state index contributed by atoms with van der Waals surface area (Å²) in [5.74, 6) is -0.0158. The molecule has 2 aromatic carbocycles. The fraction of sp³-hybridized carbons (Fsp3) is 0.391. The highest BCUT2D eigenvalue weighted by molar-refractivity contribution is 5.95. The monoisotopic (exact) mass is 397 g/mol. The maximum absolute atomic E-state index is 14.6. The van der Waals surface area contributed by atoms with Crippen LogP contribution in [0.3, 0.4) is 0 Å². The zero-order valence-electron chi connectivity index (χ0n) is 16.6. The highest BCUT2D eigenvalue weighted by Crippen LogP contribution is 2.41. The first-order chi connectivity index (χ1) is 13.9. The van der Waals surface area contributed by atoms with Crippen LogP contribution in [0, 0.1) is 12.7 Å². The van der Waals surface area contributed by atoms with Crippen LogP contribution in [0.15, 0.2) is 30.3 Å². The third-order valence-electron chi connectivity index (χ3n) is 5.43. The van der Waals surface area contributed by atoms with Crippen molar-refractivity contribution in [2.45, 2.75) is 45.3 Å². The zero-order valence-corrected chi connectivity index (χ0v) is 16.6. The first kappa shape index (κ1) is 19.6. The topological polar surface area (TPSA) is 64.6 Å². The fourth-order valence-corrected chi connectivity index (χ4v) is 3.97. The summed E-state index contributed by atoms with van der Waals surface area (Å²) in [5, 5.41) is 2.90. The van der Waals surface area contributed by atoms with E-state index in [-0.39, 0.29) is 23.9 Å². The maximum Gasteiger partial charge on any atom is 0.249 e. The molecule has 152 valence electrons. The highest BCUT2D eigenvalue weighted by atomic mass is 19.1. The van der Waals surface area contributed by atoms with Gasteiger partial charge in [-0.1, -0.05) is 6.07 Å². The van der Waals surface area contributed by atoms with E-state index in [1.54, 1.807) is 6.07 Å². The molecule has 0 unspecified atom stereocenters. The van der Waals surface area contributed by atoms with Crippen molar-refractivity contribution in [1.29, 1.82) is 0 Å². The molecule has 6 heteroatoms. The number of hydrogen-bond acceptors (Lipinski definition) is 4. The molecule has 1 saturated heterocycles. The van der Waals surface area contributed by atoms with E-state index in [4.69, 9.17) is 9.47 Å². The van der Waals surface area contributed by atoms with Gasteiger partial charge < -0.3 is 14.8 Å². The first-order valence-corrected chi connectivity index (χ1v) is 9.92. The van der Waals surface area contributed by atoms with Gasteiger partial charge in [0.25, 0.3) is 0 Å². The summed E-state index contributed by atoms with van der Waals surface area (Å²) in [5.41, 5.74) is 3.40. The number of nitrogens with one attached hydrogen (secondary N) is 1. The van der Waals surface area contributed by atoms with Crippen LogP contribution in [0.1, 0.15) is 41.3 Å². The second-order valence-corrected chi connectivity index (χ2v) is 7.74. The van der Waals surface area contributed by atoms with Crippen molar-refractivity contribution in [2.75, 3.05) is 13.2 Å². The van der Waals surface area contributed by atoms with Crippen molar-refractivity contribution in [3.63, 3.8) is 0 Å². The van der Waals surface area contributed by atoms with E-state index in [1.165, 1.54) is 19.1 Å². The Morgan fingerprint density at radius 3 is 2.76 bits per heavy atom. The Hall–Kier alpha value is -2.73. The Kier molecular flexibility index (Phi) is 5.37. The fourth-order valence-electron chi connectivity index (χ4n) is 3.97. The number of amides is 1. The highest BCUT2D eigenvalue weighted by Gasteiger charge is 2.29. The molecule has 1 fully saturated rings. The van der Waals surface area contributed by atoms with Crippen LogP contribution in [-0.4, -0.2) is 37.0 Å². The number of hydrogen-bond donors (Lipinski definition) is 1. The molecule has 1 amide bonds. The minimum absolute atomic E-state index is 0.112. The minimum atomic E-state index is -0.401. The van der Waals surface area contributed by atoms with Crippen molar-refractivity contribution in [3.8, 4) is 16.9 Å². The molecular formula is C23H24FNO4. The second kappa shape index (κ2) is 7.95. The average molecular weight is 397 g/mol. The van der Waals surface area contributed by atoms with Gasteiger partial charge in [-0.05, 0) is 62.1 Å². The van der Waals surface area contributed by atoms with Crippen LogP contribution in [0.5, 0.6) is 5.75 Å². The zero-order chi connectivity index (χ0) is 20.5. The van der Waals surface area contributed by atoms with Crippen molar-refractivity contribution in [1.82, 2.24) is 5.32 Å². The maximum atomic E-state index is 14.6. The van der Waals surface area contributed by atoms with Crippen molar-refractivity contribution in [3.05, 3.63) is 52.8 Å². The number of benzene rings is 2. The number of Topliss-reactive ketones (excluding diaryl/α,β-unsaturated/α-hetero) is 1. The van der Waals surface area contributed by atoms with Crippen LogP contribution in [-0.2, 0) is 16.0 Å². The lowest BCUT2D eigenvalue weighted by molar-refractivity contribution is -0.130. The molecule has 0 radical (unpaired) electrons. The number of carbonyl (C=O) groups is 2. The summed E-state index contributed by atoms with van der Waals surface area (Å²) in [6.45, 7) is 4.39. The molecule has 2 atom stereocenters. The average Bonchev–Trinajstić information content (AvgIpc) is 3.35. The smallest absolute Gasteiger partial charge is 0.249 e. The number of aryl methyl sites for hydroxylation is 1. The summed E-state index contributed by atoms with van der Waals surface area (Å²) in [4.78, 5) is 23.9. The van der Waals surface area contributed by atoms with Crippen LogP contribution in [0.25, 0.3) is 11.1 Å². The van der Waals surface area contributed by atoms with Gasteiger partial charge in [0.2, 0.25) is 5.91 Å². The molecule has 0 aromatic heterocycles. The number of halogens is 1. The lowest BCUT2D eigenvalue weighted by Crippen LogP contribution is -2.40. The lowest BCUT2D eigenvalue weighted by Gasteiger charge is -2.16. The molecule has 0 spiro atoms. The third kappa shape index (κ3) is 4.03. The molecule has 2 aliphatic rings. The van der Waals surface area contributed by atoms with Crippen molar-refractivity contribution >= 4 is 11.7 Å². The molecule has 0 saturated carbocycles. The standard InChI is InChI=1S/C23H24FNO4/c1-13-8-16-10-17(12-25-23(27)21-4-3-7-28-21)29-22(16)19(9-13)18-11-15(14(2)26)5-6-20(18)24/h5-6,8-9,11,17,21H,3-4,7,10,12H2,1-2H3,(H,25,27)/t17-,21+/m1/s1. The summed E-state index contributed by atoms with van der Waals surface area (Å²) < 4.78 is 26.1. The van der Waals surface area contributed by atoms with E-state index in [9.17, 15) is 14.0 Å². The first-order valence-electron chi connectivity index (χ1n) is 9.92. The quantitative estimate of drug-likeness (QED) is 0.783. The van der Waals surface area contributed by atoms with Crippen molar-refractivity contribution in [2.24, 2.45) is 0 Å². The predicted molar refractivity (Wildman–Crippen MR) is 107 cm³/mol. The Morgan fingerprint density at radius 2 is 2.03 bits per heavy atom. The summed E-state index contributed by atoms with van der Waals surface area (Å²) in [6.07, 6.45) is 1.67. The van der Waals surface area contributed by atoms with Gasteiger partial charge in [-0.2, -0.15) is 0 Å². The van der Waals surface area contributed by atoms with Gasteiger partial charge >= 0.3 is 0 Å². The summed E-state index contributed by atoms with van der Waals surface area (Å²) in [6, 6.07) is 8.26. The Bertz CT molecular complexity index is 966. The summed E-state index contributed by atoms with van der Waals surface area (Å²) in [7, 11) is 0. The molecule has 2 heterocycles. The van der Waals surface area contributed by atoms with E-state index in [0.29, 0.717) is 42.0 Å². The number of fused-ring (bicyclic) bond motifs is 1. The van der Waals surface area contributed by atoms with E-state index in [2.05, 4.69) is 5.32 Å². The van der Waals surface area contributed by atoms with E-state index < -0.39 is 5.82 Å². The number of carbonyl (C=O) groups excluding carboxylic acids is 2. The molecular weight excluding hydrogens is 373 g/mol. The van der Waals surface area contributed by atoms with Crippen LogP contribution >= 0.6 is 0 Å². The summed E-state index contributed by atoms with van der Waals surface area (Å²) >= 11 is 0. The van der Waals surface area contributed by atoms with Gasteiger partial charge in [0.15, 0.2) is 5.78 Å². The third-order valence-corrected chi connectivity index (χ3v) is 5.43. The largest absolute Gasteiger partial charge is 0.487 e. The van der Waals surface area contributed by atoms with Gasteiger partial charge in [0, 0.05) is 29.7 Å². The molecule has 0 aliphatic carbocycles. The molecule has 5 nitrogen and oxygen atoms in total. The predicted octanol–water partition coefficient (Wildman–Crippen LogP) is 3.60. The Morgan fingerprint density at radius 1 is 1.21 bits per heavy atom. The van der Waals surface area contributed by atoms with Gasteiger partial charge in [0.1, 0.15) is 23.8 Å². The Balaban J connectivity index is 1.56. The van der Waals surface area contributed by atoms with Gasteiger partial charge in [-0.25, -0.2) is 4.39 Å². The van der Waals surface area contributed by atoms with Gasteiger partial charge in [-0.15, -0.1) is 0 Å². The van der Waals surface area contributed by atoms with Crippen LogP contribution in [0.4, 0.5) is 4.39 Å². The van der Waals surface area contributed by atoms with E-state index in [1.807, 2.05) is 19.1 Å². The molecule has 1 N–H and O–H groups in total.